The zero-order valence-electron chi connectivity index (χ0n) is 19.6. The topological polar surface area (TPSA) is 115 Å². The van der Waals surface area contributed by atoms with E-state index >= 15 is 0 Å². The Morgan fingerprint density at radius 1 is 1.08 bits per heavy atom. The molecular weight excluding hydrogens is 485 g/mol. The maximum Gasteiger partial charge on any atom is 0.416 e. The molecular formula is C26H21F3N6O2. The molecule has 0 atom stereocenters. The lowest BCUT2D eigenvalue weighted by molar-refractivity contribution is -0.137. The number of hydrogen-bond acceptors (Lipinski definition) is 5. The Labute approximate surface area is 209 Å². The summed E-state index contributed by atoms with van der Waals surface area (Å²) in [5.41, 5.74) is 9.24. The second-order valence-corrected chi connectivity index (χ2v) is 8.65. The highest BCUT2D eigenvalue weighted by Gasteiger charge is 2.31. The van der Waals surface area contributed by atoms with Gasteiger partial charge in [0.1, 0.15) is 22.9 Å². The number of rotatable bonds is 4. The van der Waals surface area contributed by atoms with Gasteiger partial charge in [-0.05, 0) is 49.2 Å². The monoisotopic (exact) mass is 506 g/mol. The van der Waals surface area contributed by atoms with Gasteiger partial charge in [-0.3, -0.25) is 9.59 Å². The first-order valence-electron chi connectivity index (χ1n) is 11.3. The maximum absolute atomic E-state index is 12.9. The predicted octanol–water partition coefficient (Wildman–Crippen LogP) is 4.92. The first-order valence-corrected chi connectivity index (χ1v) is 11.3. The van der Waals surface area contributed by atoms with Crippen molar-refractivity contribution in [3.05, 3.63) is 88.6 Å². The summed E-state index contributed by atoms with van der Waals surface area (Å²) in [4.78, 5) is 28.8. The second kappa shape index (κ2) is 9.08. The number of aryl methyl sites for hydroxylation is 3. The molecule has 0 aliphatic carbocycles. The molecule has 5 rings (SSSR count). The molecule has 1 aliphatic heterocycles. The fourth-order valence-corrected chi connectivity index (χ4v) is 4.23. The molecule has 2 amide bonds. The molecule has 2 aromatic heterocycles. The zero-order chi connectivity index (χ0) is 26.3. The van der Waals surface area contributed by atoms with Crippen molar-refractivity contribution in [3.8, 4) is 11.3 Å². The highest BCUT2D eigenvalue weighted by atomic mass is 19.4. The van der Waals surface area contributed by atoms with E-state index in [2.05, 4.69) is 26.8 Å². The molecule has 11 heteroatoms. The number of alkyl halides is 3. The summed E-state index contributed by atoms with van der Waals surface area (Å²) in [6.07, 6.45) is -2.87. The number of carbonyl (C=O) groups excluding carboxylic acids is 2. The largest absolute Gasteiger partial charge is 0.416 e. The highest BCUT2D eigenvalue weighted by molar-refractivity contribution is 6.06. The molecule has 0 saturated carbocycles. The molecule has 0 bridgehead atoms. The summed E-state index contributed by atoms with van der Waals surface area (Å²) in [5, 5.41) is 10.3. The molecule has 0 fully saturated rings. The average Bonchev–Trinajstić information content (AvgIpc) is 3.13. The van der Waals surface area contributed by atoms with Crippen molar-refractivity contribution in [1.29, 1.82) is 0 Å². The van der Waals surface area contributed by atoms with E-state index < -0.39 is 23.6 Å². The predicted molar refractivity (Wildman–Crippen MR) is 132 cm³/mol. The standard InChI is InChI=1S/C26H21F3N6O2/c1-14-2-7-19-17(12-14)9-11-35-24(32-19)21(23(30)36)22(34-35)15-3-5-16(6-4-15)25(37)33-20-13-18(8-10-31-20)26(27,28)29/h2-8,10,12-13,32H,9,11H2,1H3,(H2,30,36)(H,31,33,37). The van der Waals surface area contributed by atoms with Crippen molar-refractivity contribution in [2.75, 3.05) is 10.6 Å². The Balaban J connectivity index is 1.42. The molecule has 1 aliphatic rings. The normalized spacial score (nSPS) is 12.6. The van der Waals surface area contributed by atoms with Crippen LogP contribution in [-0.2, 0) is 19.1 Å². The van der Waals surface area contributed by atoms with Crippen molar-refractivity contribution >= 4 is 29.1 Å². The third-order valence-electron chi connectivity index (χ3n) is 6.05. The lowest BCUT2D eigenvalue weighted by Gasteiger charge is -2.10. The van der Waals surface area contributed by atoms with Gasteiger partial charge in [0.15, 0.2) is 0 Å². The average molecular weight is 506 g/mol. The number of nitrogens with one attached hydrogen (secondary N) is 2. The van der Waals surface area contributed by atoms with Crippen LogP contribution in [0, 0.1) is 6.92 Å². The fraction of sp³-hybridized carbons (Fsp3) is 0.154. The molecule has 4 N–H and O–H groups in total. The van der Waals surface area contributed by atoms with Crippen LogP contribution in [0.5, 0.6) is 0 Å². The molecule has 0 spiro atoms. The van der Waals surface area contributed by atoms with Gasteiger partial charge in [0.2, 0.25) is 0 Å². The number of primary amides is 1. The molecule has 8 nitrogen and oxygen atoms in total. The third-order valence-corrected chi connectivity index (χ3v) is 6.05. The minimum absolute atomic E-state index is 0.187. The van der Waals surface area contributed by atoms with Crippen molar-refractivity contribution in [3.63, 3.8) is 0 Å². The van der Waals surface area contributed by atoms with Gasteiger partial charge < -0.3 is 16.4 Å². The van der Waals surface area contributed by atoms with E-state index in [4.69, 9.17) is 5.73 Å². The van der Waals surface area contributed by atoms with Crippen molar-refractivity contribution in [2.45, 2.75) is 26.1 Å². The van der Waals surface area contributed by atoms with Crippen molar-refractivity contribution < 1.29 is 22.8 Å². The van der Waals surface area contributed by atoms with Crippen LogP contribution in [0.25, 0.3) is 11.3 Å². The van der Waals surface area contributed by atoms with Gasteiger partial charge in [-0.2, -0.15) is 18.3 Å². The third kappa shape index (κ3) is 4.75. The van der Waals surface area contributed by atoms with Crippen LogP contribution in [0.2, 0.25) is 0 Å². The van der Waals surface area contributed by atoms with E-state index in [0.29, 0.717) is 30.0 Å². The number of nitrogens with two attached hydrogens (primary N) is 1. The van der Waals surface area contributed by atoms with Crippen LogP contribution < -0.4 is 16.4 Å². The van der Waals surface area contributed by atoms with E-state index in [-0.39, 0.29) is 16.9 Å². The van der Waals surface area contributed by atoms with E-state index in [9.17, 15) is 22.8 Å². The summed E-state index contributed by atoms with van der Waals surface area (Å²) >= 11 is 0. The highest BCUT2D eigenvalue weighted by Crippen LogP contribution is 2.35. The molecule has 188 valence electrons. The smallest absolute Gasteiger partial charge is 0.365 e. The van der Waals surface area contributed by atoms with E-state index in [1.807, 2.05) is 19.1 Å². The number of halogens is 3. The van der Waals surface area contributed by atoms with Gasteiger partial charge >= 0.3 is 6.18 Å². The number of hydrogen-bond donors (Lipinski definition) is 3. The Kier molecular flexibility index (Phi) is 5.90. The summed E-state index contributed by atoms with van der Waals surface area (Å²) in [5.74, 6) is -1.03. The van der Waals surface area contributed by atoms with Crippen LogP contribution in [0.4, 0.5) is 30.5 Å². The molecule has 37 heavy (non-hydrogen) atoms. The van der Waals surface area contributed by atoms with Gasteiger partial charge in [0, 0.05) is 29.6 Å². The lowest BCUT2D eigenvalue weighted by Crippen LogP contribution is -2.15. The summed E-state index contributed by atoms with van der Waals surface area (Å²) in [6, 6.07) is 13.8. The Morgan fingerprint density at radius 3 is 2.54 bits per heavy atom. The SMILES string of the molecule is Cc1ccc2c(c1)CCn1nc(-c3ccc(C(=O)Nc4cc(C(F)(F)F)ccn4)cc3)c(C(N)=O)c1N2. The minimum Gasteiger partial charge on any atom is -0.365 e. The lowest BCUT2D eigenvalue weighted by atomic mass is 10.0. The van der Waals surface area contributed by atoms with Crippen LogP contribution in [-0.4, -0.2) is 26.6 Å². The van der Waals surface area contributed by atoms with Gasteiger partial charge in [-0.15, -0.1) is 0 Å². The molecule has 0 unspecified atom stereocenters. The number of fused-ring (bicyclic) bond motifs is 2. The van der Waals surface area contributed by atoms with E-state index in [1.54, 1.807) is 16.8 Å². The van der Waals surface area contributed by atoms with Crippen LogP contribution >= 0.6 is 0 Å². The van der Waals surface area contributed by atoms with Crippen LogP contribution in [0.15, 0.2) is 60.8 Å². The molecule has 0 radical (unpaired) electrons. The summed E-state index contributed by atoms with van der Waals surface area (Å²) < 4.78 is 40.5. The maximum atomic E-state index is 12.9. The quantitative estimate of drug-likeness (QED) is 0.363. The Bertz CT molecular complexity index is 1530. The van der Waals surface area contributed by atoms with E-state index in [0.717, 1.165) is 35.1 Å². The first-order chi connectivity index (χ1) is 17.6. The zero-order valence-corrected chi connectivity index (χ0v) is 19.6. The van der Waals surface area contributed by atoms with Crippen LogP contribution in [0.3, 0.4) is 0 Å². The number of benzene rings is 2. The van der Waals surface area contributed by atoms with Gasteiger partial charge in [0.25, 0.3) is 11.8 Å². The second-order valence-electron chi connectivity index (χ2n) is 8.65. The molecule has 2 aromatic carbocycles. The fourth-order valence-electron chi connectivity index (χ4n) is 4.23. The number of carbonyl (C=O) groups is 2. The van der Waals surface area contributed by atoms with Crippen LogP contribution in [0.1, 0.15) is 37.4 Å². The Hall–Kier alpha value is -4.67. The van der Waals surface area contributed by atoms with Gasteiger partial charge in [0.05, 0.1) is 5.56 Å². The Morgan fingerprint density at radius 2 is 1.84 bits per heavy atom. The summed E-state index contributed by atoms with van der Waals surface area (Å²) in [7, 11) is 0. The number of aromatic nitrogens is 3. The number of pyridine rings is 1. The van der Waals surface area contributed by atoms with Gasteiger partial charge in [-0.25, -0.2) is 9.67 Å². The van der Waals surface area contributed by atoms with E-state index in [1.165, 1.54) is 12.1 Å². The number of amides is 2. The first kappa shape index (κ1) is 24.0. The minimum atomic E-state index is -4.55. The molecule has 4 aromatic rings. The molecule has 0 saturated heterocycles. The van der Waals surface area contributed by atoms with Crippen molar-refractivity contribution in [1.82, 2.24) is 14.8 Å². The molecule has 3 heterocycles. The number of anilines is 3. The van der Waals surface area contributed by atoms with Gasteiger partial charge in [-0.1, -0.05) is 29.8 Å². The number of nitrogens with zero attached hydrogens (tertiary/aromatic N) is 3. The van der Waals surface area contributed by atoms with Crippen molar-refractivity contribution in [2.24, 2.45) is 5.73 Å². The summed E-state index contributed by atoms with van der Waals surface area (Å²) in [6.45, 7) is 2.54.